The Morgan fingerprint density at radius 3 is 0.759 bits per heavy atom. The van der Waals surface area contributed by atoms with Crippen molar-refractivity contribution in [1.29, 1.82) is 0 Å². The monoisotopic (exact) mass is 962 g/mol. The van der Waals surface area contributed by atoms with Crippen molar-refractivity contribution in [3.63, 3.8) is 0 Å². The van der Waals surface area contributed by atoms with Crippen molar-refractivity contribution >= 4 is 72.7 Å². The van der Waals surface area contributed by atoms with Gasteiger partial charge in [-0.3, -0.25) is 0 Å². The first kappa shape index (κ1) is 54.7. The molecule has 0 aliphatic carbocycles. The van der Waals surface area contributed by atoms with Crippen LogP contribution in [0.25, 0.3) is 0 Å². The highest BCUT2D eigenvalue weighted by Crippen LogP contribution is 2.37. The molecule has 2 heterocycles. The summed E-state index contributed by atoms with van der Waals surface area (Å²) in [7, 11) is -17.3. The van der Waals surface area contributed by atoms with E-state index in [1.54, 1.807) is 0 Å². The fraction of sp³-hybridized carbons (Fsp3) is 0.973. The fourth-order valence-electron chi connectivity index (χ4n) is 6.51. The summed E-state index contributed by atoms with van der Waals surface area (Å²) < 4.78 is 80.0. The molecule has 10 atom stereocenters. The van der Waals surface area contributed by atoms with Crippen molar-refractivity contribution in [2.75, 3.05) is 13.2 Å². The molecule has 2 saturated heterocycles. The SMILES string of the molecule is C[Si](C)(C)O[C@H]1O[C@H](COC(=O)OC[C@H]2O[C@H](O[Si](C)(C)C)[C@H](O[Si](C)(C)C)[C@@H](O[Si](C)(C)C)[C@@H]2O[Si](C)(C)C)[C@@H](O[Si](C)(C)C)[C@H](O[Si](C)(C)C)[C@H]1O[Si](C)(C)C. The Labute approximate surface area is 361 Å². The summed E-state index contributed by atoms with van der Waals surface area (Å²) in [5, 5.41) is 0. The molecule has 58 heavy (non-hydrogen) atoms. The third-order valence-electron chi connectivity index (χ3n) is 7.79. The van der Waals surface area contributed by atoms with Gasteiger partial charge >= 0.3 is 6.16 Å². The average molecular weight is 964 g/mol. The van der Waals surface area contributed by atoms with Crippen LogP contribution >= 0.6 is 0 Å². The van der Waals surface area contributed by atoms with Crippen LogP contribution in [0.1, 0.15) is 0 Å². The molecule has 0 saturated carbocycles. The van der Waals surface area contributed by atoms with E-state index < -0.39 is 134 Å². The highest BCUT2D eigenvalue weighted by atomic mass is 28.4. The molecule has 2 aliphatic rings. The summed E-state index contributed by atoms with van der Waals surface area (Å²) in [6, 6.07) is 0. The van der Waals surface area contributed by atoms with E-state index in [2.05, 4.69) is 157 Å². The maximum Gasteiger partial charge on any atom is 0.508 e. The van der Waals surface area contributed by atoms with Crippen molar-refractivity contribution in [3.05, 3.63) is 0 Å². The molecule has 0 N–H and O–H groups in total. The first-order valence-electron chi connectivity index (χ1n) is 21.1. The minimum absolute atomic E-state index is 0.139. The molecule has 344 valence electrons. The molecule has 0 spiro atoms. The van der Waals surface area contributed by atoms with Gasteiger partial charge in [-0.15, -0.1) is 0 Å². The van der Waals surface area contributed by atoms with Gasteiger partial charge in [0, 0.05) is 0 Å². The smallest absolute Gasteiger partial charge is 0.431 e. The van der Waals surface area contributed by atoms with E-state index in [0.29, 0.717) is 0 Å². The summed E-state index contributed by atoms with van der Waals surface area (Å²) in [5.41, 5.74) is 0. The van der Waals surface area contributed by atoms with E-state index in [1.807, 2.05) is 0 Å². The number of carbonyl (C=O) groups is 1. The molecular weight excluding hydrogens is 877 g/mol. The van der Waals surface area contributed by atoms with Crippen LogP contribution in [0.2, 0.25) is 157 Å². The summed E-state index contributed by atoms with van der Waals surface area (Å²) >= 11 is 0. The van der Waals surface area contributed by atoms with Crippen LogP contribution in [-0.2, 0) is 54.4 Å². The number of hydrogen-bond donors (Lipinski definition) is 0. The van der Waals surface area contributed by atoms with Gasteiger partial charge < -0.3 is 54.4 Å². The lowest BCUT2D eigenvalue weighted by Gasteiger charge is -2.51. The maximum absolute atomic E-state index is 13.7. The maximum atomic E-state index is 13.7. The fourth-order valence-corrected chi connectivity index (χ4v) is 14.8. The molecule has 0 aromatic rings. The highest BCUT2D eigenvalue weighted by Gasteiger charge is 2.55. The number of hydrogen-bond acceptors (Lipinski definition) is 13. The van der Waals surface area contributed by atoms with E-state index in [9.17, 15) is 4.79 Å². The minimum Gasteiger partial charge on any atom is -0.431 e. The van der Waals surface area contributed by atoms with Crippen LogP contribution in [0.5, 0.6) is 0 Å². The summed E-state index contributed by atoms with van der Waals surface area (Å²) in [6.07, 6.45) is -6.95. The Bertz CT molecular complexity index is 1200. The molecule has 21 heteroatoms. The Balaban J connectivity index is 2.51. The number of ether oxygens (including phenoxy) is 4. The average Bonchev–Trinajstić information content (AvgIpc) is 2.92. The van der Waals surface area contributed by atoms with Gasteiger partial charge in [-0.2, -0.15) is 0 Å². The third-order valence-corrected chi connectivity index (χ3v) is 15.5. The van der Waals surface area contributed by atoms with Crippen LogP contribution in [0.15, 0.2) is 0 Å². The Kier molecular flexibility index (Phi) is 19.1. The van der Waals surface area contributed by atoms with Gasteiger partial charge in [0.2, 0.25) is 0 Å². The summed E-state index contributed by atoms with van der Waals surface area (Å²) in [5.74, 6) is 0. The van der Waals surface area contributed by atoms with Crippen molar-refractivity contribution in [3.8, 4) is 0 Å². The second kappa shape index (κ2) is 20.2. The van der Waals surface area contributed by atoms with Crippen LogP contribution in [-0.4, -0.2) is 147 Å². The zero-order valence-electron chi connectivity index (χ0n) is 41.0. The van der Waals surface area contributed by atoms with Crippen molar-refractivity contribution in [1.82, 2.24) is 0 Å². The van der Waals surface area contributed by atoms with Gasteiger partial charge in [0.25, 0.3) is 0 Å². The molecule has 2 aliphatic heterocycles. The lowest BCUT2D eigenvalue weighted by Crippen LogP contribution is -2.67. The number of carbonyl (C=O) groups excluding carboxylic acids is 1. The van der Waals surface area contributed by atoms with Gasteiger partial charge in [-0.05, 0) is 157 Å². The van der Waals surface area contributed by atoms with E-state index in [1.165, 1.54) is 0 Å². The van der Waals surface area contributed by atoms with Crippen LogP contribution < -0.4 is 0 Å². The lowest BCUT2D eigenvalue weighted by molar-refractivity contribution is -0.273. The van der Waals surface area contributed by atoms with Crippen molar-refractivity contribution in [2.24, 2.45) is 0 Å². The van der Waals surface area contributed by atoms with Gasteiger partial charge in [-0.25, -0.2) is 4.79 Å². The van der Waals surface area contributed by atoms with Crippen LogP contribution in [0, 0.1) is 0 Å². The normalized spacial score (nSPS) is 30.0. The topological polar surface area (TPSA) is 128 Å². The predicted octanol–water partition coefficient (Wildman–Crippen LogP) is 9.61. The standard InChI is InChI=1S/C37H86O13Si8/c1-51(2,3)43-29-27(41-35(49-57(19,20)21)33(47-55(13,14)15)31(29)45-53(7,8)9)25-39-37(38)40-26-28-30(44-52(4,5)6)32(46-54(10,11)12)34(48-56(16,17)18)36(42-28)50-58(22,23)24/h27-36H,25-26H2,1-24H3/t27-,28-,29-,30-,31+,32+,33-,34-,35-,36-/m1/s1. The lowest BCUT2D eigenvalue weighted by atomic mass is 9.99. The van der Waals surface area contributed by atoms with E-state index in [-0.39, 0.29) is 13.2 Å². The largest absolute Gasteiger partial charge is 0.508 e. The summed E-state index contributed by atoms with van der Waals surface area (Å²) in [4.78, 5) is 13.7. The Hall–Kier alpha value is 0.605. The van der Waals surface area contributed by atoms with E-state index in [0.717, 1.165) is 0 Å². The molecule has 0 unspecified atom stereocenters. The molecule has 0 bridgehead atoms. The zero-order chi connectivity index (χ0) is 45.3. The van der Waals surface area contributed by atoms with E-state index in [4.69, 9.17) is 54.4 Å². The zero-order valence-corrected chi connectivity index (χ0v) is 49.0. The molecule has 13 nitrogen and oxygen atoms in total. The quantitative estimate of drug-likeness (QED) is 0.0850. The van der Waals surface area contributed by atoms with Gasteiger partial charge in [0.05, 0.1) is 0 Å². The molecule has 2 rings (SSSR count). The molecule has 2 fully saturated rings. The van der Waals surface area contributed by atoms with Crippen LogP contribution in [0.4, 0.5) is 4.79 Å². The molecule has 0 amide bonds. The van der Waals surface area contributed by atoms with Crippen molar-refractivity contribution < 1.29 is 59.2 Å². The molecule has 0 aromatic heterocycles. The molecule has 0 radical (unpaired) electrons. The van der Waals surface area contributed by atoms with Gasteiger partial charge in [-0.1, -0.05) is 0 Å². The van der Waals surface area contributed by atoms with Gasteiger partial charge in [0.1, 0.15) is 62.0 Å². The first-order valence-corrected chi connectivity index (χ1v) is 48.4. The second-order valence-electron chi connectivity index (χ2n) is 23.6. The predicted molar refractivity (Wildman–Crippen MR) is 253 cm³/mol. The summed E-state index contributed by atoms with van der Waals surface area (Å²) in [6.45, 7) is 51.0. The van der Waals surface area contributed by atoms with Crippen LogP contribution in [0.3, 0.4) is 0 Å². The second-order valence-corrected chi connectivity index (χ2v) is 59.3. The Morgan fingerprint density at radius 2 is 0.534 bits per heavy atom. The molecule has 0 aromatic carbocycles. The number of rotatable bonds is 20. The van der Waals surface area contributed by atoms with E-state index >= 15 is 0 Å². The van der Waals surface area contributed by atoms with Gasteiger partial charge in [0.15, 0.2) is 79.1 Å². The third kappa shape index (κ3) is 21.3. The highest BCUT2D eigenvalue weighted by molar-refractivity contribution is 6.72. The molecular formula is C37H86O13Si8. The van der Waals surface area contributed by atoms with Crippen molar-refractivity contribution in [2.45, 2.75) is 219 Å². The minimum atomic E-state index is -2.20. The Morgan fingerprint density at radius 1 is 0.328 bits per heavy atom. The first-order chi connectivity index (χ1) is 25.6.